The van der Waals surface area contributed by atoms with Crippen LogP contribution in [0.15, 0.2) is 48.7 Å². The molecular formula is C32H40F3N7O2. The molecule has 0 radical (unpaired) electrons. The van der Waals surface area contributed by atoms with E-state index in [1.165, 1.54) is 0 Å². The lowest BCUT2D eigenvalue weighted by atomic mass is 10.0. The summed E-state index contributed by atoms with van der Waals surface area (Å²) in [5, 5.41) is 5.90. The van der Waals surface area contributed by atoms with E-state index in [4.69, 9.17) is 9.72 Å². The Morgan fingerprint density at radius 3 is 2.50 bits per heavy atom. The second-order valence-corrected chi connectivity index (χ2v) is 11.7. The molecule has 12 heteroatoms. The summed E-state index contributed by atoms with van der Waals surface area (Å²) in [6.45, 7) is 10.2. The van der Waals surface area contributed by atoms with Crippen LogP contribution in [-0.2, 0) is 17.8 Å². The average molecular weight is 612 g/mol. The minimum Gasteiger partial charge on any atom is -0.492 e. The number of ether oxygens (including phenoxy) is 1. The summed E-state index contributed by atoms with van der Waals surface area (Å²) in [6, 6.07) is 13.2. The number of rotatable bonds is 10. The van der Waals surface area contributed by atoms with Crippen molar-refractivity contribution in [2.24, 2.45) is 5.92 Å². The molecule has 2 aliphatic heterocycles. The predicted molar refractivity (Wildman–Crippen MR) is 166 cm³/mol. The maximum absolute atomic E-state index is 12.9. The maximum atomic E-state index is 12.9. The van der Waals surface area contributed by atoms with Crippen LogP contribution in [0.25, 0.3) is 0 Å². The zero-order chi connectivity index (χ0) is 31.3. The van der Waals surface area contributed by atoms with E-state index in [0.717, 1.165) is 73.6 Å². The number of halogens is 3. The third kappa shape index (κ3) is 8.38. The zero-order valence-corrected chi connectivity index (χ0v) is 25.5. The molecule has 1 atom stereocenters. The number of amides is 1. The molecule has 1 unspecified atom stereocenters. The van der Waals surface area contributed by atoms with Crippen molar-refractivity contribution in [3.63, 3.8) is 0 Å². The molecule has 0 bridgehead atoms. The third-order valence-corrected chi connectivity index (χ3v) is 8.20. The Morgan fingerprint density at radius 2 is 1.77 bits per heavy atom. The first-order valence-corrected chi connectivity index (χ1v) is 15.0. The topological polar surface area (TPSA) is 85.9 Å². The molecule has 0 spiro atoms. The number of nitrogens with zero attached hydrogens (tertiary/aromatic N) is 5. The van der Waals surface area contributed by atoms with Gasteiger partial charge in [-0.1, -0.05) is 13.0 Å². The highest BCUT2D eigenvalue weighted by molar-refractivity contribution is 5.91. The summed E-state index contributed by atoms with van der Waals surface area (Å²) in [7, 11) is 2.15. The van der Waals surface area contributed by atoms with Gasteiger partial charge in [0.2, 0.25) is 11.9 Å². The van der Waals surface area contributed by atoms with Crippen molar-refractivity contribution in [1.29, 1.82) is 0 Å². The number of aromatic nitrogens is 2. The Morgan fingerprint density at radius 1 is 1.05 bits per heavy atom. The molecule has 2 aliphatic rings. The summed E-state index contributed by atoms with van der Waals surface area (Å²) < 4.78 is 44.5. The maximum Gasteiger partial charge on any atom is 0.392 e. The number of aryl methyl sites for hydroxylation is 1. The number of carbonyl (C=O) groups is 1. The van der Waals surface area contributed by atoms with Crippen molar-refractivity contribution < 1.29 is 22.7 Å². The van der Waals surface area contributed by atoms with Gasteiger partial charge in [-0.2, -0.15) is 13.2 Å². The van der Waals surface area contributed by atoms with Crippen LogP contribution in [0.2, 0.25) is 0 Å². The normalized spacial score (nSPS) is 16.7. The molecule has 1 saturated heterocycles. The van der Waals surface area contributed by atoms with E-state index in [0.29, 0.717) is 37.8 Å². The largest absolute Gasteiger partial charge is 0.492 e. The highest BCUT2D eigenvalue weighted by Gasteiger charge is 2.37. The van der Waals surface area contributed by atoms with Crippen molar-refractivity contribution in [3.8, 4) is 5.75 Å². The summed E-state index contributed by atoms with van der Waals surface area (Å²) in [5.74, 6) is -1.02. The molecule has 1 aromatic heterocycles. The fourth-order valence-corrected chi connectivity index (χ4v) is 5.34. The molecule has 1 fully saturated rings. The molecule has 236 valence electrons. The lowest BCUT2D eigenvalue weighted by Crippen LogP contribution is -2.45. The molecule has 5 rings (SSSR count). The summed E-state index contributed by atoms with van der Waals surface area (Å²) >= 11 is 0. The van der Waals surface area contributed by atoms with Crippen molar-refractivity contribution >= 4 is 28.9 Å². The van der Waals surface area contributed by atoms with Gasteiger partial charge in [0.05, 0.1) is 11.6 Å². The Hall–Kier alpha value is -3.90. The highest BCUT2D eigenvalue weighted by atomic mass is 19.4. The minimum absolute atomic E-state index is 0.470. The van der Waals surface area contributed by atoms with Crippen LogP contribution in [0.5, 0.6) is 5.75 Å². The van der Waals surface area contributed by atoms with Crippen LogP contribution in [-0.4, -0.2) is 84.8 Å². The smallest absolute Gasteiger partial charge is 0.392 e. The summed E-state index contributed by atoms with van der Waals surface area (Å²) in [5.41, 5.74) is 5.21. The Kier molecular flexibility index (Phi) is 9.90. The molecule has 0 saturated carbocycles. The number of benzene rings is 2. The van der Waals surface area contributed by atoms with E-state index in [-0.39, 0.29) is 0 Å². The first-order valence-electron chi connectivity index (χ1n) is 15.0. The van der Waals surface area contributed by atoms with Gasteiger partial charge in [-0.15, -0.1) is 0 Å². The number of hydrogen-bond donors (Lipinski definition) is 2. The lowest BCUT2D eigenvalue weighted by molar-refractivity contribution is -0.173. The number of hydrogen-bond acceptors (Lipinski definition) is 8. The van der Waals surface area contributed by atoms with E-state index >= 15 is 0 Å². The van der Waals surface area contributed by atoms with Gasteiger partial charge in [0.25, 0.3) is 0 Å². The molecule has 44 heavy (non-hydrogen) atoms. The highest BCUT2D eigenvalue weighted by Crippen LogP contribution is 2.31. The van der Waals surface area contributed by atoms with Crippen LogP contribution in [0, 0.1) is 12.8 Å². The Bertz CT molecular complexity index is 1430. The van der Waals surface area contributed by atoms with E-state index in [2.05, 4.69) is 37.4 Å². The van der Waals surface area contributed by atoms with Gasteiger partial charge in [0.15, 0.2) is 0 Å². The van der Waals surface area contributed by atoms with E-state index in [1.54, 1.807) is 6.07 Å². The summed E-state index contributed by atoms with van der Waals surface area (Å²) in [6.07, 6.45) is -2.50. The quantitative estimate of drug-likeness (QED) is 0.322. The number of nitrogens with one attached hydrogen (secondary N) is 2. The van der Waals surface area contributed by atoms with Crippen LogP contribution in [0.4, 0.5) is 36.2 Å². The van der Waals surface area contributed by atoms with E-state index < -0.39 is 24.4 Å². The first-order chi connectivity index (χ1) is 21.0. The molecule has 3 heterocycles. The van der Waals surface area contributed by atoms with Crippen LogP contribution >= 0.6 is 0 Å². The summed E-state index contributed by atoms with van der Waals surface area (Å²) in [4.78, 5) is 28.5. The molecule has 2 N–H and O–H groups in total. The minimum atomic E-state index is -4.40. The van der Waals surface area contributed by atoms with Crippen molar-refractivity contribution in [3.05, 3.63) is 65.5 Å². The number of anilines is 4. The van der Waals surface area contributed by atoms with Gasteiger partial charge in [-0.05, 0) is 55.9 Å². The second-order valence-electron chi connectivity index (χ2n) is 11.7. The number of likely N-dealkylation sites (N-methyl/N-ethyl adjacent to an activating group) is 1. The molecule has 2 aromatic carbocycles. The number of piperazine rings is 1. The van der Waals surface area contributed by atoms with Crippen molar-refractivity contribution in [2.45, 2.75) is 39.4 Å². The Labute approximate surface area is 256 Å². The fraction of sp³-hybridized carbons (Fsp3) is 0.469. The lowest BCUT2D eigenvalue weighted by Gasteiger charge is -2.32. The predicted octanol–water partition coefficient (Wildman–Crippen LogP) is 5.24. The van der Waals surface area contributed by atoms with Crippen molar-refractivity contribution in [2.75, 3.05) is 68.5 Å². The second kappa shape index (κ2) is 13.8. The zero-order valence-electron chi connectivity index (χ0n) is 25.5. The van der Waals surface area contributed by atoms with Crippen LogP contribution < -0.4 is 20.3 Å². The van der Waals surface area contributed by atoms with Crippen molar-refractivity contribution in [1.82, 2.24) is 19.8 Å². The van der Waals surface area contributed by atoms with Gasteiger partial charge in [0.1, 0.15) is 12.4 Å². The molecule has 1 amide bonds. The first kappa shape index (κ1) is 31.5. The average Bonchev–Trinajstić information content (AvgIpc) is 2.99. The molecule has 0 aliphatic carbocycles. The molecule has 3 aromatic rings. The van der Waals surface area contributed by atoms with Gasteiger partial charge in [-0.3, -0.25) is 9.69 Å². The van der Waals surface area contributed by atoms with Gasteiger partial charge < -0.3 is 25.2 Å². The van der Waals surface area contributed by atoms with E-state index in [1.807, 2.05) is 49.5 Å². The van der Waals surface area contributed by atoms with Gasteiger partial charge >= 0.3 is 6.18 Å². The van der Waals surface area contributed by atoms with Gasteiger partial charge in [0, 0.05) is 87.5 Å². The Balaban J connectivity index is 1.14. The number of alkyl halides is 3. The standard InChI is InChI=1S/C32H40F3N7O2/c1-22-4-5-26(37-30(43)18-23(2)32(33,34)35)19-29(22)42-11-10-28-24(21-42)20-36-31(39-28)38-25-6-8-27(9-7-25)44-17-16-41-14-12-40(3)13-15-41/h4-9,19-20,23H,10-18,21H2,1-3H3,(H,37,43)(H,36,38,39). The molecule has 9 nitrogen and oxygen atoms in total. The number of carbonyl (C=O) groups excluding carboxylic acids is 1. The third-order valence-electron chi connectivity index (χ3n) is 8.20. The SMILES string of the molecule is Cc1ccc(NC(=O)CC(C)C(F)(F)F)cc1N1CCc2nc(Nc3ccc(OCCN4CCN(C)CC4)cc3)ncc2C1. The fourth-order valence-electron chi connectivity index (χ4n) is 5.34. The molecular weight excluding hydrogens is 571 g/mol. The van der Waals surface area contributed by atoms with Gasteiger partial charge in [-0.25, -0.2) is 9.97 Å². The van der Waals surface area contributed by atoms with Crippen LogP contribution in [0.1, 0.15) is 30.2 Å². The van der Waals surface area contributed by atoms with E-state index in [9.17, 15) is 18.0 Å². The number of fused-ring (bicyclic) bond motifs is 1. The monoisotopic (exact) mass is 611 g/mol. The van der Waals surface area contributed by atoms with Crippen LogP contribution in [0.3, 0.4) is 0 Å².